The monoisotopic (exact) mass is 206 g/mol. The molecule has 3 heteroatoms. The van der Waals surface area contributed by atoms with E-state index in [1.165, 1.54) is 11.1 Å². The number of morpholine rings is 1. The van der Waals surface area contributed by atoms with Gasteiger partial charge in [0.1, 0.15) is 0 Å². The molecular formula is C12H18N2O. The lowest BCUT2D eigenvalue weighted by Gasteiger charge is -2.29. The lowest BCUT2D eigenvalue weighted by Crippen LogP contribution is -2.47. The molecule has 0 aliphatic carbocycles. The first kappa shape index (κ1) is 10.6. The van der Waals surface area contributed by atoms with E-state index in [1.807, 2.05) is 0 Å². The van der Waals surface area contributed by atoms with Crippen molar-refractivity contribution in [3.8, 4) is 0 Å². The molecule has 3 N–H and O–H groups in total. The van der Waals surface area contributed by atoms with Gasteiger partial charge in [0.2, 0.25) is 0 Å². The van der Waals surface area contributed by atoms with Crippen LogP contribution < -0.4 is 11.1 Å². The average molecular weight is 206 g/mol. The Morgan fingerprint density at radius 2 is 2.13 bits per heavy atom. The summed E-state index contributed by atoms with van der Waals surface area (Å²) in [6.45, 7) is 4.47. The van der Waals surface area contributed by atoms with E-state index in [1.54, 1.807) is 0 Å². The molecule has 1 aromatic carbocycles. The molecule has 1 aliphatic heterocycles. The first-order chi connectivity index (χ1) is 7.27. The third-order valence-corrected chi connectivity index (χ3v) is 2.85. The largest absolute Gasteiger partial charge is 0.378 e. The van der Waals surface area contributed by atoms with E-state index in [4.69, 9.17) is 10.5 Å². The van der Waals surface area contributed by atoms with Crippen LogP contribution in [0.3, 0.4) is 0 Å². The molecule has 82 valence electrons. The summed E-state index contributed by atoms with van der Waals surface area (Å²) in [7, 11) is 0. The van der Waals surface area contributed by atoms with Gasteiger partial charge in [-0.15, -0.1) is 0 Å². The molecule has 1 aliphatic rings. The van der Waals surface area contributed by atoms with Crippen LogP contribution in [-0.4, -0.2) is 25.8 Å². The molecule has 1 aromatic rings. The van der Waals surface area contributed by atoms with Crippen LogP contribution in [0.4, 0.5) is 0 Å². The van der Waals surface area contributed by atoms with E-state index in [2.05, 4.69) is 36.5 Å². The molecule has 1 saturated heterocycles. The number of hydrogen-bond acceptors (Lipinski definition) is 3. The molecule has 0 amide bonds. The Morgan fingerprint density at radius 1 is 1.40 bits per heavy atom. The van der Waals surface area contributed by atoms with E-state index in [0.29, 0.717) is 6.61 Å². The second kappa shape index (κ2) is 4.75. The molecule has 15 heavy (non-hydrogen) atoms. The van der Waals surface area contributed by atoms with Gasteiger partial charge in [0.05, 0.1) is 13.2 Å². The van der Waals surface area contributed by atoms with Crippen molar-refractivity contribution in [3.63, 3.8) is 0 Å². The zero-order valence-corrected chi connectivity index (χ0v) is 9.07. The molecular weight excluding hydrogens is 188 g/mol. The van der Waals surface area contributed by atoms with Crippen LogP contribution in [0.1, 0.15) is 17.2 Å². The highest BCUT2D eigenvalue weighted by Gasteiger charge is 2.21. The van der Waals surface area contributed by atoms with Crippen LogP contribution in [-0.2, 0) is 4.74 Å². The standard InChI is InChI=1S/C12H18N2O/c1-9-2-4-10(5-3-9)12(13)11-8-15-7-6-14-11/h2-5,11-12,14H,6-8,13H2,1H3. The zero-order chi connectivity index (χ0) is 10.7. The molecule has 2 rings (SSSR count). The molecule has 3 nitrogen and oxygen atoms in total. The van der Waals surface area contributed by atoms with Gasteiger partial charge in [-0.25, -0.2) is 0 Å². The minimum atomic E-state index is 0.0194. The highest BCUT2D eigenvalue weighted by Crippen LogP contribution is 2.16. The van der Waals surface area contributed by atoms with Gasteiger partial charge in [-0.1, -0.05) is 29.8 Å². The molecule has 0 saturated carbocycles. The second-order valence-electron chi connectivity index (χ2n) is 4.07. The van der Waals surface area contributed by atoms with Crippen molar-refractivity contribution < 1.29 is 4.74 Å². The van der Waals surface area contributed by atoms with E-state index < -0.39 is 0 Å². The van der Waals surface area contributed by atoms with Gasteiger partial charge in [0, 0.05) is 18.6 Å². The van der Waals surface area contributed by atoms with E-state index in [-0.39, 0.29) is 12.1 Å². The van der Waals surface area contributed by atoms with E-state index in [0.717, 1.165) is 13.2 Å². The third-order valence-electron chi connectivity index (χ3n) is 2.85. The predicted octanol–water partition coefficient (Wildman–Crippen LogP) is 0.983. The SMILES string of the molecule is Cc1ccc(C(N)C2COCCN2)cc1. The summed E-state index contributed by atoms with van der Waals surface area (Å²) in [4.78, 5) is 0. The van der Waals surface area contributed by atoms with E-state index in [9.17, 15) is 0 Å². The Morgan fingerprint density at radius 3 is 2.73 bits per heavy atom. The van der Waals surface area contributed by atoms with Crippen LogP contribution in [0.25, 0.3) is 0 Å². The number of nitrogens with one attached hydrogen (secondary N) is 1. The van der Waals surface area contributed by atoms with Crippen molar-refractivity contribution in [1.82, 2.24) is 5.32 Å². The van der Waals surface area contributed by atoms with Crippen LogP contribution >= 0.6 is 0 Å². The Hall–Kier alpha value is -0.900. The van der Waals surface area contributed by atoms with Crippen LogP contribution in [0.5, 0.6) is 0 Å². The molecule has 0 bridgehead atoms. The topological polar surface area (TPSA) is 47.3 Å². The maximum absolute atomic E-state index is 6.18. The summed E-state index contributed by atoms with van der Waals surface area (Å²) in [5.74, 6) is 0. The van der Waals surface area contributed by atoms with Crippen molar-refractivity contribution in [3.05, 3.63) is 35.4 Å². The maximum Gasteiger partial charge on any atom is 0.0638 e. The molecule has 2 unspecified atom stereocenters. The summed E-state index contributed by atoms with van der Waals surface area (Å²) < 4.78 is 5.41. The molecule has 1 heterocycles. The van der Waals surface area contributed by atoms with Gasteiger partial charge in [-0.3, -0.25) is 0 Å². The quantitative estimate of drug-likeness (QED) is 0.758. The van der Waals surface area contributed by atoms with Crippen molar-refractivity contribution in [2.45, 2.75) is 19.0 Å². The highest BCUT2D eigenvalue weighted by molar-refractivity contribution is 5.25. The zero-order valence-electron chi connectivity index (χ0n) is 9.07. The first-order valence-corrected chi connectivity index (χ1v) is 5.40. The van der Waals surface area contributed by atoms with Crippen molar-refractivity contribution in [2.75, 3.05) is 19.8 Å². The first-order valence-electron chi connectivity index (χ1n) is 5.40. The van der Waals surface area contributed by atoms with Gasteiger partial charge in [-0.2, -0.15) is 0 Å². The summed E-state index contributed by atoms with van der Waals surface area (Å²) in [5, 5.41) is 3.38. The Balaban J connectivity index is 2.05. The molecule has 2 atom stereocenters. The Kier molecular flexibility index (Phi) is 3.36. The summed E-state index contributed by atoms with van der Waals surface area (Å²) in [6, 6.07) is 8.64. The summed E-state index contributed by atoms with van der Waals surface area (Å²) in [5.41, 5.74) is 8.61. The van der Waals surface area contributed by atoms with E-state index >= 15 is 0 Å². The predicted molar refractivity (Wildman–Crippen MR) is 60.7 cm³/mol. The molecule has 0 radical (unpaired) electrons. The Labute approximate surface area is 90.6 Å². The molecule has 1 fully saturated rings. The van der Waals surface area contributed by atoms with Crippen LogP contribution in [0.2, 0.25) is 0 Å². The fraction of sp³-hybridized carbons (Fsp3) is 0.500. The van der Waals surface area contributed by atoms with Gasteiger partial charge in [-0.05, 0) is 12.5 Å². The van der Waals surface area contributed by atoms with Gasteiger partial charge in [0.15, 0.2) is 0 Å². The second-order valence-corrected chi connectivity index (χ2v) is 4.07. The molecule has 0 aromatic heterocycles. The summed E-state index contributed by atoms with van der Waals surface area (Å²) in [6.07, 6.45) is 0. The lowest BCUT2D eigenvalue weighted by molar-refractivity contribution is 0.0685. The smallest absolute Gasteiger partial charge is 0.0638 e. The fourth-order valence-corrected chi connectivity index (χ4v) is 1.84. The fourth-order valence-electron chi connectivity index (χ4n) is 1.84. The highest BCUT2D eigenvalue weighted by atomic mass is 16.5. The van der Waals surface area contributed by atoms with Gasteiger partial charge in [0.25, 0.3) is 0 Å². The van der Waals surface area contributed by atoms with Crippen LogP contribution in [0, 0.1) is 6.92 Å². The number of hydrogen-bond donors (Lipinski definition) is 2. The maximum atomic E-state index is 6.18. The number of benzene rings is 1. The Bertz CT molecular complexity index is 304. The number of rotatable bonds is 2. The number of aryl methyl sites for hydroxylation is 1. The van der Waals surface area contributed by atoms with Crippen LogP contribution in [0.15, 0.2) is 24.3 Å². The average Bonchev–Trinajstić information content (AvgIpc) is 2.30. The summed E-state index contributed by atoms with van der Waals surface area (Å²) >= 11 is 0. The van der Waals surface area contributed by atoms with Crippen molar-refractivity contribution in [1.29, 1.82) is 0 Å². The number of nitrogens with two attached hydrogens (primary N) is 1. The third kappa shape index (κ3) is 2.56. The number of ether oxygens (including phenoxy) is 1. The minimum Gasteiger partial charge on any atom is -0.378 e. The minimum absolute atomic E-state index is 0.0194. The van der Waals surface area contributed by atoms with Gasteiger partial charge < -0.3 is 15.8 Å². The van der Waals surface area contributed by atoms with Crippen molar-refractivity contribution in [2.24, 2.45) is 5.73 Å². The lowest BCUT2D eigenvalue weighted by atomic mass is 9.99. The normalized spacial score (nSPS) is 23.7. The van der Waals surface area contributed by atoms with Crippen molar-refractivity contribution >= 4 is 0 Å². The molecule has 0 spiro atoms. The van der Waals surface area contributed by atoms with Gasteiger partial charge >= 0.3 is 0 Å².